The Hall–Kier alpha value is -1.14. The number of aryl methyl sites for hydroxylation is 1. The zero-order chi connectivity index (χ0) is 13.2. The van der Waals surface area contributed by atoms with Crippen molar-refractivity contribution in [3.8, 4) is 0 Å². The molecule has 1 saturated heterocycles. The summed E-state index contributed by atoms with van der Waals surface area (Å²) in [5, 5.41) is 10.6. The summed E-state index contributed by atoms with van der Waals surface area (Å²) in [4.78, 5) is 14.1. The summed E-state index contributed by atoms with van der Waals surface area (Å²) in [6.07, 6.45) is 0.779. The predicted octanol–water partition coefficient (Wildman–Crippen LogP) is 1.89. The summed E-state index contributed by atoms with van der Waals surface area (Å²) < 4.78 is 9.15. The third kappa shape index (κ3) is 2.64. The molecule has 1 N–H and O–H groups in total. The smallest absolute Gasteiger partial charge is 0.409 e. The van der Waals surface area contributed by atoms with E-state index in [1.165, 1.54) is 11.5 Å². The number of hydrogen-bond donors (Lipinski definition) is 1. The van der Waals surface area contributed by atoms with E-state index in [-0.39, 0.29) is 6.09 Å². The van der Waals surface area contributed by atoms with Crippen LogP contribution in [0.5, 0.6) is 0 Å². The van der Waals surface area contributed by atoms with Crippen molar-refractivity contribution >= 4 is 17.6 Å². The van der Waals surface area contributed by atoms with Crippen LogP contribution in [-0.4, -0.2) is 40.2 Å². The molecule has 0 spiro atoms. The molecule has 1 fully saturated rings. The highest BCUT2D eigenvalue weighted by atomic mass is 32.1. The van der Waals surface area contributed by atoms with Crippen molar-refractivity contribution in [2.24, 2.45) is 0 Å². The van der Waals surface area contributed by atoms with Gasteiger partial charge < -0.3 is 14.7 Å². The molecular weight excluding hydrogens is 252 g/mol. The lowest BCUT2D eigenvalue weighted by Crippen LogP contribution is -2.45. The average Bonchev–Trinajstić information content (AvgIpc) is 2.78. The van der Waals surface area contributed by atoms with Crippen LogP contribution in [-0.2, 0) is 10.3 Å². The number of nitrogens with zero attached hydrogens (tertiary/aromatic N) is 2. The molecule has 0 aliphatic carbocycles. The van der Waals surface area contributed by atoms with Crippen molar-refractivity contribution in [2.75, 3.05) is 19.7 Å². The molecule has 1 amide bonds. The van der Waals surface area contributed by atoms with Crippen LogP contribution in [0.3, 0.4) is 0 Å². The Kier molecular flexibility index (Phi) is 3.87. The minimum atomic E-state index is -0.838. The molecule has 6 heteroatoms. The van der Waals surface area contributed by atoms with Crippen LogP contribution in [0.4, 0.5) is 4.79 Å². The summed E-state index contributed by atoms with van der Waals surface area (Å²) in [6.45, 7) is 5.13. The van der Waals surface area contributed by atoms with Crippen molar-refractivity contribution in [2.45, 2.75) is 32.3 Å². The van der Waals surface area contributed by atoms with Crippen LogP contribution in [0.25, 0.3) is 0 Å². The normalized spacial score (nSPS) is 18.7. The van der Waals surface area contributed by atoms with E-state index in [0.29, 0.717) is 32.5 Å². The fourth-order valence-electron chi connectivity index (χ4n) is 2.10. The molecule has 1 aliphatic heterocycles. The standard InChI is InChI=1S/C12H18N2O3S/c1-3-17-11(15)14-6-4-12(16,5-7-14)10-8-9(2)13-18-10/h8,16H,3-7H2,1-2H3. The first-order valence-electron chi connectivity index (χ1n) is 6.13. The molecule has 1 aromatic rings. The molecule has 2 heterocycles. The molecule has 0 unspecified atom stereocenters. The summed E-state index contributed by atoms with van der Waals surface area (Å²) >= 11 is 1.34. The van der Waals surface area contributed by atoms with E-state index in [1.807, 2.05) is 13.0 Å². The fourth-order valence-corrected chi connectivity index (χ4v) is 3.00. The lowest BCUT2D eigenvalue weighted by atomic mass is 9.90. The number of ether oxygens (including phenoxy) is 1. The van der Waals surface area contributed by atoms with Gasteiger partial charge in [0.15, 0.2) is 0 Å². The van der Waals surface area contributed by atoms with Crippen molar-refractivity contribution in [3.05, 3.63) is 16.6 Å². The van der Waals surface area contributed by atoms with Crippen LogP contribution in [0, 0.1) is 6.92 Å². The van der Waals surface area contributed by atoms with Gasteiger partial charge in [-0.2, -0.15) is 4.37 Å². The number of rotatable bonds is 2. The molecule has 0 bridgehead atoms. The molecule has 100 valence electrons. The number of carbonyl (C=O) groups excluding carboxylic acids is 1. The van der Waals surface area contributed by atoms with Gasteiger partial charge in [0.05, 0.1) is 17.2 Å². The molecule has 0 aromatic carbocycles. The Morgan fingerprint density at radius 2 is 2.28 bits per heavy atom. The molecule has 0 atom stereocenters. The van der Waals surface area contributed by atoms with Gasteiger partial charge in [-0.05, 0) is 44.3 Å². The van der Waals surface area contributed by atoms with Gasteiger partial charge in [-0.3, -0.25) is 0 Å². The van der Waals surface area contributed by atoms with E-state index in [1.54, 1.807) is 11.8 Å². The number of hydrogen-bond acceptors (Lipinski definition) is 5. The third-order valence-corrected chi connectivity index (χ3v) is 4.28. The van der Waals surface area contributed by atoms with Gasteiger partial charge in [-0.1, -0.05) is 0 Å². The van der Waals surface area contributed by atoms with E-state index in [9.17, 15) is 9.90 Å². The Bertz CT molecular complexity index is 425. The highest BCUT2D eigenvalue weighted by Gasteiger charge is 2.37. The number of aromatic nitrogens is 1. The van der Waals surface area contributed by atoms with Crippen LogP contribution in [0.2, 0.25) is 0 Å². The predicted molar refractivity (Wildman–Crippen MR) is 68.6 cm³/mol. The largest absolute Gasteiger partial charge is 0.450 e. The Balaban J connectivity index is 1.99. The molecule has 2 rings (SSSR count). The van der Waals surface area contributed by atoms with Crippen molar-refractivity contribution in [1.29, 1.82) is 0 Å². The molecule has 0 radical (unpaired) electrons. The van der Waals surface area contributed by atoms with Gasteiger partial charge in [0.1, 0.15) is 5.60 Å². The van der Waals surface area contributed by atoms with Gasteiger partial charge in [0.25, 0.3) is 0 Å². The first-order chi connectivity index (χ1) is 8.55. The monoisotopic (exact) mass is 270 g/mol. The summed E-state index contributed by atoms with van der Waals surface area (Å²) in [5.74, 6) is 0. The summed E-state index contributed by atoms with van der Waals surface area (Å²) in [7, 11) is 0. The second-order valence-corrected chi connectivity index (χ2v) is 5.36. The van der Waals surface area contributed by atoms with Crippen LogP contribution in [0.1, 0.15) is 30.3 Å². The number of aliphatic hydroxyl groups is 1. The van der Waals surface area contributed by atoms with Crippen LogP contribution >= 0.6 is 11.5 Å². The fraction of sp³-hybridized carbons (Fsp3) is 0.667. The lowest BCUT2D eigenvalue weighted by Gasteiger charge is -2.36. The second kappa shape index (κ2) is 5.24. The van der Waals surface area contributed by atoms with Gasteiger partial charge in [0.2, 0.25) is 0 Å². The molecule has 0 saturated carbocycles. The Morgan fingerprint density at radius 3 is 2.78 bits per heavy atom. The van der Waals surface area contributed by atoms with Gasteiger partial charge >= 0.3 is 6.09 Å². The zero-order valence-corrected chi connectivity index (χ0v) is 11.5. The first kappa shape index (κ1) is 13.3. The topological polar surface area (TPSA) is 62.7 Å². The van der Waals surface area contributed by atoms with Gasteiger partial charge in [0, 0.05) is 13.1 Å². The molecule has 18 heavy (non-hydrogen) atoms. The zero-order valence-electron chi connectivity index (χ0n) is 10.7. The number of carbonyl (C=O) groups is 1. The maximum atomic E-state index is 11.6. The van der Waals surface area contributed by atoms with Crippen molar-refractivity contribution in [1.82, 2.24) is 9.27 Å². The van der Waals surface area contributed by atoms with Crippen LogP contribution in [0.15, 0.2) is 6.07 Å². The Morgan fingerprint density at radius 1 is 1.61 bits per heavy atom. The average molecular weight is 270 g/mol. The number of piperidine rings is 1. The highest BCUT2D eigenvalue weighted by Crippen LogP contribution is 2.35. The van der Waals surface area contributed by atoms with E-state index in [0.717, 1.165) is 10.6 Å². The maximum absolute atomic E-state index is 11.6. The molecule has 1 aliphatic rings. The Labute approximate surface area is 111 Å². The van der Waals surface area contributed by atoms with E-state index < -0.39 is 5.60 Å². The van der Waals surface area contributed by atoms with Crippen molar-refractivity contribution in [3.63, 3.8) is 0 Å². The van der Waals surface area contributed by atoms with Gasteiger partial charge in [-0.25, -0.2) is 4.79 Å². The summed E-state index contributed by atoms with van der Waals surface area (Å²) in [5.41, 5.74) is 0.0887. The SMILES string of the molecule is CCOC(=O)N1CCC(O)(c2cc(C)ns2)CC1. The van der Waals surface area contributed by atoms with E-state index in [4.69, 9.17) is 4.74 Å². The maximum Gasteiger partial charge on any atom is 0.409 e. The van der Waals surface area contributed by atoms with E-state index in [2.05, 4.69) is 4.37 Å². The van der Waals surface area contributed by atoms with Gasteiger partial charge in [-0.15, -0.1) is 0 Å². The molecule has 1 aromatic heterocycles. The van der Waals surface area contributed by atoms with E-state index >= 15 is 0 Å². The van der Waals surface area contributed by atoms with Crippen molar-refractivity contribution < 1.29 is 14.6 Å². The quantitative estimate of drug-likeness (QED) is 0.891. The third-order valence-electron chi connectivity index (χ3n) is 3.20. The molecule has 5 nitrogen and oxygen atoms in total. The minimum Gasteiger partial charge on any atom is -0.450 e. The second-order valence-electron chi connectivity index (χ2n) is 4.55. The first-order valence-corrected chi connectivity index (χ1v) is 6.90. The van der Waals surface area contributed by atoms with Crippen LogP contribution < -0.4 is 0 Å². The summed E-state index contributed by atoms with van der Waals surface area (Å²) in [6, 6.07) is 1.92. The highest BCUT2D eigenvalue weighted by molar-refractivity contribution is 7.06. The minimum absolute atomic E-state index is 0.292. The number of amides is 1. The molecular formula is C12H18N2O3S. The number of likely N-dealkylation sites (tertiary alicyclic amines) is 1. The lowest BCUT2D eigenvalue weighted by molar-refractivity contribution is -0.0216.